The average Bonchev–Trinajstić information content (AvgIpc) is 3.35. The maximum absolute atomic E-state index is 13.8. The molecule has 0 bridgehead atoms. The van der Waals surface area contributed by atoms with Crippen molar-refractivity contribution < 1.29 is 35.5 Å². The Balaban J connectivity index is 1.50. The summed E-state index contributed by atoms with van der Waals surface area (Å²) in [4.78, 5) is 21.7. The number of fused-ring (bicyclic) bond motifs is 1. The molecule has 0 N–H and O–H groups in total. The fraction of sp³-hybridized carbons (Fsp3) is 0.346. The first-order valence-corrected chi connectivity index (χ1v) is 12.0. The van der Waals surface area contributed by atoms with Crippen LogP contribution in [0.2, 0.25) is 0 Å². The van der Waals surface area contributed by atoms with E-state index in [0.717, 1.165) is 5.69 Å². The van der Waals surface area contributed by atoms with E-state index >= 15 is 0 Å². The van der Waals surface area contributed by atoms with E-state index in [1.165, 1.54) is 40.9 Å². The molecule has 1 amide bonds. The molecule has 0 radical (unpaired) electrons. The molecule has 0 spiro atoms. The lowest BCUT2D eigenvalue weighted by Crippen LogP contribution is -2.53. The van der Waals surface area contributed by atoms with Gasteiger partial charge in [-0.2, -0.15) is 31.4 Å². The molecule has 1 saturated heterocycles. The lowest BCUT2D eigenvalue weighted by Gasteiger charge is -2.40. The number of hydrogen-bond donors (Lipinski definition) is 0. The number of aromatic nitrogens is 2. The van der Waals surface area contributed by atoms with Gasteiger partial charge in [0.05, 0.1) is 23.4 Å². The monoisotopic (exact) mass is 553 g/mol. The largest absolute Gasteiger partial charge is 0.416 e. The van der Waals surface area contributed by atoms with E-state index in [1.807, 2.05) is 4.90 Å². The van der Waals surface area contributed by atoms with E-state index in [9.17, 15) is 35.5 Å². The Morgan fingerprint density at radius 3 is 2.03 bits per heavy atom. The fourth-order valence-electron chi connectivity index (χ4n) is 5.06. The summed E-state index contributed by atoms with van der Waals surface area (Å²) in [5.41, 5.74) is -2.27. The predicted octanol–water partition coefficient (Wildman–Crippen LogP) is 5.72. The van der Waals surface area contributed by atoms with E-state index in [-0.39, 0.29) is 42.1 Å². The molecule has 1 fully saturated rings. The van der Waals surface area contributed by atoms with Gasteiger partial charge in [-0.25, -0.2) is 14.1 Å². The molecule has 0 aliphatic carbocycles. The van der Waals surface area contributed by atoms with Crippen molar-refractivity contribution in [2.24, 2.45) is 10.9 Å². The smallest absolute Gasteiger partial charge is 0.368 e. The van der Waals surface area contributed by atoms with Crippen molar-refractivity contribution in [1.29, 1.82) is 0 Å². The van der Waals surface area contributed by atoms with Crippen molar-refractivity contribution in [3.8, 4) is 0 Å². The van der Waals surface area contributed by atoms with Crippen LogP contribution in [0.4, 0.5) is 42.2 Å². The summed E-state index contributed by atoms with van der Waals surface area (Å²) < 4.78 is 96.4. The van der Waals surface area contributed by atoms with Crippen molar-refractivity contribution in [3.05, 3.63) is 77.2 Å². The number of halogens is 7. The topological polar surface area (TPSA) is 53.7 Å². The van der Waals surface area contributed by atoms with Crippen molar-refractivity contribution in [2.45, 2.75) is 25.3 Å². The van der Waals surface area contributed by atoms with Crippen molar-refractivity contribution in [1.82, 2.24) is 14.7 Å². The van der Waals surface area contributed by atoms with Gasteiger partial charge in [0.25, 0.3) is 0 Å². The number of nitrogens with zero attached hydrogens (tertiary/aromatic N) is 5. The zero-order valence-electron chi connectivity index (χ0n) is 20.5. The zero-order chi connectivity index (χ0) is 28.1. The fourth-order valence-corrected chi connectivity index (χ4v) is 5.06. The van der Waals surface area contributed by atoms with Crippen LogP contribution >= 0.6 is 0 Å². The molecule has 3 heterocycles. The zero-order valence-corrected chi connectivity index (χ0v) is 20.5. The van der Waals surface area contributed by atoms with Gasteiger partial charge in [-0.05, 0) is 55.0 Å². The maximum Gasteiger partial charge on any atom is 0.416 e. The van der Waals surface area contributed by atoms with Crippen LogP contribution in [0, 0.1) is 11.7 Å². The second-order valence-electron chi connectivity index (χ2n) is 9.44. The summed E-state index contributed by atoms with van der Waals surface area (Å²) in [6, 6.07) is 7.40. The summed E-state index contributed by atoms with van der Waals surface area (Å²) in [6.45, 7) is 2.82. The van der Waals surface area contributed by atoms with Crippen molar-refractivity contribution in [3.63, 3.8) is 0 Å². The van der Waals surface area contributed by atoms with Crippen molar-refractivity contribution in [2.75, 3.05) is 31.1 Å². The lowest BCUT2D eigenvalue weighted by atomic mass is 9.85. The Kier molecular flexibility index (Phi) is 6.63. The van der Waals surface area contributed by atoms with Gasteiger partial charge in [0.1, 0.15) is 11.7 Å². The summed E-state index contributed by atoms with van der Waals surface area (Å²) in [7, 11) is 0. The normalized spacial score (nSPS) is 20.1. The second-order valence-corrected chi connectivity index (χ2v) is 9.44. The number of rotatable bonds is 3. The van der Waals surface area contributed by atoms with Gasteiger partial charge in [-0.15, -0.1) is 0 Å². The summed E-state index contributed by atoms with van der Waals surface area (Å²) >= 11 is 0. The number of carbonyl (C=O) groups is 1. The molecular formula is C26H22F7N5O. The molecule has 2 atom stereocenters. The molecule has 39 heavy (non-hydrogen) atoms. The number of hydrogen-bond acceptors (Lipinski definition) is 4. The minimum absolute atomic E-state index is 0.0583. The van der Waals surface area contributed by atoms with Crippen LogP contribution < -0.4 is 4.90 Å². The minimum atomic E-state index is -5.04. The molecule has 5 rings (SSSR count). The highest BCUT2D eigenvalue weighted by atomic mass is 19.4. The Labute approximate surface area is 218 Å². The Hall–Kier alpha value is -3.90. The molecule has 206 valence electrons. The Morgan fingerprint density at radius 2 is 1.46 bits per heavy atom. The van der Waals surface area contributed by atoms with E-state index in [2.05, 4.69) is 10.1 Å². The van der Waals surface area contributed by atoms with Crippen LogP contribution in [-0.2, 0) is 17.1 Å². The molecular weight excluding hydrogens is 531 g/mol. The van der Waals surface area contributed by atoms with Gasteiger partial charge < -0.3 is 9.80 Å². The molecule has 13 heteroatoms. The van der Waals surface area contributed by atoms with Crippen molar-refractivity contribution >= 4 is 23.1 Å². The second kappa shape index (κ2) is 9.69. The third kappa shape index (κ3) is 5.21. The Morgan fingerprint density at radius 1 is 0.872 bits per heavy atom. The molecule has 0 saturated carbocycles. The first-order chi connectivity index (χ1) is 18.3. The number of carbonyl (C=O) groups excluding carboxylic acids is 1. The van der Waals surface area contributed by atoms with Gasteiger partial charge in [0.15, 0.2) is 5.82 Å². The van der Waals surface area contributed by atoms with Gasteiger partial charge in [-0.1, -0.05) is 0 Å². The highest BCUT2D eigenvalue weighted by Gasteiger charge is 2.43. The SMILES string of the molecule is CC1=Nc2ccnn2C(c2cc(C(F)(F)F)cc(C(F)(F)F)c2)C1C(=O)N1CCN(c2ccc(F)cc2)CC1. The standard InChI is InChI=1S/C26H22F7N5O/c1-15-22(24(39)37-10-8-36(9-11-37)20-4-2-19(27)3-5-20)23(38-21(35-15)6-7-34-38)16-12-17(25(28,29)30)14-18(13-16)26(31,32)33/h2-7,12-14,22-23H,8-11H2,1H3. The van der Waals surface area contributed by atoms with Crippen LogP contribution in [-0.4, -0.2) is 52.5 Å². The molecule has 2 aromatic carbocycles. The number of piperazine rings is 1. The first kappa shape index (κ1) is 26.7. The number of benzene rings is 2. The molecule has 2 aliphatic rings. The molecule has 2 unspecified atom stereocenters. The third-order valence-electron chi connectivity index (χ3n) is 6.97. The number of amides is 1. The number of aliphatic imine (C=N–C) groups is 1. The highest BCUT2D eigenvalue weighted by molar-refractivity contribution is 6.05. The van der Waals surface area contributed by atoms with E-state index in [1.54, 1.807) is 12.1 Å². The minimum Gasteiger partial charge on any atom is -0.368 e. The first-order valence-electron chi connectivity index (χ1n) is 12.0. The van der Waals surface area contributed by atoms with Gasteiger partial charge in [-0.3, -0.25) is 4.79 Å². The van der Waals surface area contributed by atoms with E-state index < -0.39 is 41.3 Å². The van der Waals surface area contributed by atoms with Crippen LogP contribution in [0.3, 0.4) is 0 Å². The summed E-state index contributed by atoms with van der Waals surface area (Å²) in [5, 5.41) is 4.11. The van der Waals surface area contributed by atoms with Crippen LogP contribution in [0.5, 0.6) is 0 Å². The summed E-state index contributed by atoms with van der Waals surface area (Å²) in [5.74, 6) is -1.83. The van der Waals surface area contributed by atoms with E-state index in [0.29, 0.717) is 25.2 Å². The van der Waals surface area contributed by atoms with Gasteiger partial charge in [0, 0.05) is 43.6 Å². The predicted molar refractivity (Wildman–Crippen MR) is 128 cm³/mol. The maximum atomic E-state index is 13.8. The molecule has 6 nitrogen and oxygen atoms in total. The molecule has 1 aromatic heterocycles. The number of anilines is 1. The lowest BCUT2D eigenvalue weighted by molar-refractivity contribution is -0.143. The summed E-state index contributed by atoms with van der Waals surface area (Å²) in [6.07, 6.45) is -8.76. The highest BCUT2D eigenvalue weighted by Crippen LogP contribution is 2.42. The quantitative estimate of drug-likeness (QED) is 0.390. The van der Waals surface area contributed by atoms with Crippen LogP contribution in [0.1, 0.15) is 29.7 Å². The number of alkyl halides is 6. The molecule has 3 aromatic rings. The van der Waals surface area contributed by atoms with Gasteiger partial charge in [0.2, 0.25) is 5.91 Å². The van der Waals surface area contributed by atoms with Crippen LogP contribution in [0.25, 0.3) is 0 Å². The average molecular weight is 553 g/mol. The van der Waals surface area contributed by atoms with E-state index in [4.69, 9.17) is 0 Å². The Bertz CT molecular complexity index is 1370. The third-order valence-corrected chi connectivity index (χ3v) is 6.97. The molecule has 2 aliphatic heterocycles. The van der Waals surface area contributed by atoms with Crippen LogP contribution in [0.15, 0.2) is 59.7 Å². The van der Waals surface area contributed by atoms with Gasteiger partial charge >= 0.3 is 12.4 Å².